The molecule has 0 atom stereocenters. The molecular weight excluding hydrogens is 190 g/mol. The van der Waals surface area contributed by atoms with Crippen molar-refractivity contribution in [2.45, 2.75) is 12.8 Å². The van der Waals surface area contributed by atoms with Crippen LogP contribution >= 0.6 is 0 Å². The van der Waals surface area contributed by atoms with E-state index in [-0.39, 0.29) is 5.91 Å². The van der Waals surface area contributed by atoms with Crippen LogP contribution in [0.5, 0.6) is 5.75 Å². The van der Waals surface area contributed by atoms with Crippen LogP contribution in [0.2, 0.25) is 0 Å². The maximum Gasteiger partial charge on any atom is 0.220 e. The van der Waals surface area contributed by atoms with Crippen molar-refractivity contribution in [3.63, 3.8) is 0 Å². The van der Waals surface area contributed by atoms with Crippen molar-refractivity contribution in [1.29, 1.82) is 0 Å². The summed E-state index contributed by atoms with van der Waals surface area (Å²) >= 11 is 0. The highest BCUT2D eigenvalue weighted by Gasteiger charge is 2.00. The molecule has 1 aromatic carbocycles. The smallest absolute Gasteiger partial charge is 0.220 e. The van der Waals surface area contributed by atoms with Gasteiger partial charge in [-0.05, 0) is 31.0 Å². The molecule has 0 spiro atoms. The normalized spacial score (nSPS) is 9.73. The van der Waals surface area contributed by atoms with Crippen molar-refractivity contribution in [2.24, 2.45) is 0 Å². The van der Waals surface area contributed by atoms with Crippen molar-refractivity contribution in [3.8, 4) is 5.75 Å². The van der Waals surface area contributed by atoms with Gasteiger partial charge in [0.15, 0.2) is 0 Å². The molecule has 3 heteroatoms. The van der Waals surface area contributed by atoms with Crippen LogP contribution < -0.4 is 10.1 Å². The Morgan fingerprint density at radius 1 is 1.40 bits per heavy atom. The lowest BCUT2D eigenvalue weighted by molar-refractivity contribution is -0.120. The van der Waals surface area contributed by atoms with Crippen LogP contribution in [0.3, 0.4) is 0 Å². The van der Waals surface area contributed by atoms with Crippen LogP contribution in [0.15, 0.2) is 24.3 Å². The first-order valence-electron chi connectivity index (χ1n) is 4.95. The number of carbonyl (C=O) groups is 1. The van der Waals surface area contributed by atoms with E-state index in [4.69, 9.17) is 4.74 Å². The molecule has 0 bridgehead atoms. The maximum atomic E-state index is 11.2. The van der Waals surface area contributed by atoms with E-state index < -0.39 is 0 Å². The lowest BCUT2D eigenvalue weighted by atomic mass is 10.1. The number of benzene rings is 1. The molecule has 0 saturated heterocycles. The van der Waals surface area contributed by atoms with Gasteiger partial charge in [0.2, 0.25) is 5.91 Å². The number of hydrogen-bond acceptors (Lipinski definition) is 2. The van der Waals surface area contributed by atoms with Gasteiger partial charge in [0.25, 0.3) is 0 Å². The van der Waals surface area contributed by atoms with E-state index in [1.54, 1.807) is 7.11 Å². The number of aryl methyl sites for hydroxylation is 1. The summed E-state index contributed by atoms with van der Waals surface area (Å²) in [5.74, 6) is 0.877. The third kappa shape index (κ3) is 4.02. The SMILES string of the molecule is [CH2]CNC(=O)CCc1ccc(OC)cc1. The van der Waals surface area contributed by atoms with Gasteiger partial charge in [-0.1, -0.05) is 12.1 Å². The molecule has 0 heterocycles. The second-order valence-corrected chi connectivity index (χ2v) is 3.20. The summed E-state index contributed by atoms with van der Waals surface area (Å²) in [5, 5.41) is 2.66. The monoisotopic (exact) mass is 206 g/mol. The summed E-state index contributed by atoms with van der Waals surface area (Å²) in [6.45, 7) is 4.00. The highest BCUT2D eigenvalue weighted by atomic mass is 16.5. The Morgan fingerprint density at radius 3 is 2.60 bits per heavy atom. The predicted molar refractivity (Wildman–Crippen MR) is 59.7 cm³/mol. The van der Waals surface area contributed by atoms with E-state index in [0.29, 0.717) is 13.0 Å². The summed E-state index contributed by atoms with van der Waals surface area (Å²) in [5.41, 5.74) is 1.13. The van der Waals surface area contributed by atoms with Gasteiger partial charge in [-0.25, -0.2) is 0 Å². The molecule has 1 N–H and O–H groups in total. The fourth-order valence-corrected chi connectivity index (χ4v) is 1.28. The van der Waals surface area contributed by atoms with Gasteiger partial charge < -0.3 is 10.1 Å². The average Bonchev–Trinajstić information content (AvgIpc) is 2.27. The molecule has 0 unspecified atom stereocenters. The van der Waals surface area contributed by atoms with E-state index in [1.807, 2.05) is 24.3 Å². The molecule has 1 radical (unpaired) electrons. The molecular formula is C12H16NO2. The predicted octanol–water partition coefficient (Wildman–Crippen LogP) is 1.58. The number of amides is 1. The van der Waals surface area contributed by atoms with Gasteiger partial charge in [0, 0.05) is 13.0 Å². The van der Waals surface area contributed by atoms with Gasteiger partial charge in [-0.2, -0.15) is 0 Å². The minimum absolute atomic E-state index is 0.0424. The van der Waals surface area contributed by atoms with Crippen molar-refractivity contribution < 1.29 is 9.53 Å². The zero-order valence-electron chi connectivity index (χ0n) is 8.95. The number of carbonyl (C=O) groups excluding carboxylic acids is 1. The van der Waals surface area contributed by atoms with Gasteiger partial charge in [0.1, 0.15) is 5.75 Å². The van der Waals surface area contributed by atoms with E-state index in [2.05, 4.69) is 12.2 Å². The molecule has 0 aliphatic carbocycles. The van der Waals surface area contributed by atoms with Gasteiger partial charge in [0.05, 0.1) is 7.11 Å². The quantitative estimate of drug-likeness (QED) is 0.794. The Morgan fingerprint density at radius 2 is 2.07 bits per heavy atom. The van der Waals surface area contributed by atoms with Gasteiger partial charge >= 0.3 is 0 Å². The Kier molecular flexibility index (Phi) is 4.68. The molecule has 0 aliphatic rings. The summed E-state index contributed by atoms with van der Waals surface area (Å²) in [6.07, 6.45) is 1.25. The second-order valence-electron chi connectivity index (χ2n) is 3.20. The molecule has 1 amide bonds. The van der Waals surface area contributed by atoms with Crippen molar-refractivity contribution in [3.05, 3.63) is 36.8 Å². The highest BCUT2D eigenvalue weighted by Crippen LogP contribution is 2.12. The zero-order chi connectivity index (χ0) is 11.1. The van der Waals surface area contributed by atoms with Gasteiger partial charge in [-0.3, -0.25) is 4.79 Å². The van der Waals surface area contributed by atoms with E-state index in [0.717, 1.165) is 17.7 Å². The zero-order valence-corrected chi connectivity index (χ0v) is 8.95. The van der Waals surface area contributed by atoms with Crippen molar-refractivity contribution in [2.75, 3.05) is 13.7 Å². The second kappa shape index (κ2) is 6.06. The first-order chi connectivity index (χ1) is 7.26. The number of nitrogens with one attached hydrogen (secondary N) is 1. The summed E-state index contributed by atoms with van der Waals surface area (Å²) in [6, 6.07) is 7.73. The van der Waals surface area contributed by atoms with Crippen LogP contribution in [0.4, 0.5) is 0 Å². The van der Waals surface area contributed by atoms with Crippen molar-refractivity contribution >= 4 is 5.91 Å². The third-order valence-electron chi connectivity index (χ3n) is 2.12. The van der Waals surface area contributed by atoms with Crippen LogP contribution in [0.25, 0.3) is 0 Å². The Bertz CT molecular complexity index is 306. The lowest BCUT2D eigenvalue weighted by Gasteiger charge is -2.03. The van der Waals surface area contributed by atoms with Gasteiger partial charge in [-0.15, -0.1) is 0 Å². The molecule has 1 aromatic rings. The molecule has 0 fully saturated rings. The van der Waals surface area contributed by atoms with Crippen LogP contribution in [0.1, 0.15) is 12.0 Å². The fourth-order valence-electron chi connectivity index (χ4n) is 1.28. The number of ether oxygens (including phenoxy) is 1. The highest BCUT2D eigenvalue weighted by molar-refractivity contribution is 5.76. The molecule has 15 heavy (non-hydrogen) atoms. The van der Waals surface area contributed by atoms with E-state index in [1.165, 1.54) is 0 Å². The lowest BCUT2D eigenvalue weighted by Crippen LogP contribution is -2.22. The first kappa shape index (κ1) is 11.6. The largest absolute Gasteiger partial charge is 0.497 e. The molecule has 0 saturated carbocycles. The molecule has 1 rings (SSSR count). The first-order valence-corrected chi connectivity index (χ1v) is 4.95. The topological polar surface area (TPSA) is 38.3 Å². The average molecular weight is 206 g/mol. The summed E-state index contributed by atoms with van der Waals surface area (Å²) in [7, 11) is 1.64. The summed E-state index contributed by atoms with van der Waals surface area (Å²) < 4.78 is 5.05. The molecule has 81 valence electrons. The Hall–Kier alpha value is -1.51. The van der Waals surface area contributed by atoms with Crippen LogP contribution in [-0.2, 0) is 11.2 Å². The minimum Gasteiger partial charge on any atom is -0.497 e. The summed E-state index contributed by atoms with van der Waals surface area (Å²) in [4.78, 5) is 11.2. The van der Waals surface area contributed by atoms with Crippen LogP contribution in [0, 0.1) is 6.92 Å². The molecule has 0 aromatic heterocycles. The fraction of sp³-hybridized carbons (Fsp3) is 0.333. The Labute approximate surface area is 90.4 Å². The molecule has 3 nitrogen and oxygen atoms in total. The van der Waals surface area contributed by atoms with E-state index >= 15 is 0 Å². The minimum atomic E-state index is 0.0424. The number of methoxy groups -OCH3 is 1. The van der Waals surface area contributed by atoms with Crippen molar-refractivity contribution in [1.82, 2.24) is 5.32 Å². The Balaban J connectivity index is 2.40. The standard InChI is InChI=1S/C12H16NO2/c1-3-13-12(14)9-6-10-4-7-11(15-2)8-5-10/h4-5,7-8H,1,3,6,9H2,2H3,(H,13,14). The third-order valence-corrected chi connectivity index (χ3v) is 2.12. The van der Waals surface area contributed by atoms with E-state index in [9.17, 15) is 4.79 Å². The number of hydrogen-bond donors (Lipinski definition) is 1. The molecule has 0 aliphatic heterocycles. The number of rotatable bonds is 5. The van der Waals surface area contributed by atoms with Crippen LogP contribution in [-0.4, -0.2) is 19.6 Å². The maximum absolute atomic E-state index is 11.2.